The fourth-order valence-electron chi connectivity index (χ4n) is 2.59. The number of amides is 1. The van der Waals surface area contributed by atoms with Crippen LogP contribution in [0.4, 0.5) is 4.39 Å². The Labute approximate surface area is 113 Å². The van der Waals surface area contributed by atoms with Gasteiger partial charge < -0.3 is 10.0 Å². The Hall–Kier alpha value is -1.42. The topological polar surface area (TPSA) is 40.5 Å². The Morgan fingerprint density at radius 1 is 1.42 bits per heavy atom. The van der Waals surface area contributed by atoms with Crippen molar-refractivity contribution in [2.45, 2.75) is 38.6 Å². The zero-order valence-electron chi connectivity index (χ0n) is 11.2. The minimum Gasteiger partial charge on any atom is -0.394 e. The van der Waals surface area contributed by atoms with Gasteiger partial charge in [0.25, 0.3) is 5.91 Å². The fourth-order valence-corrected chi connectivity index (χ4v) is 2.59. The van der Waals surface area contributed by atoms with Crippen LogP contribution in [0.15, 0.2) is 18.2 Å². The molecular weight excluding hydrogens is 245 g/mol. The van der Waals surface area contributed by atoms with Gasteiger partial charge in [0.1, 0.15) is 5.82 Å². The summed E-state index contributed by atoms with van der Waals surface area (Å²) in [5, 5.41) is 9.42. The van der Waals surface area contributed by atoms with Gasteiger partial charge in [-0.25, -0.2) is 4.39 Å². The van der Waals surface area contributed by atoms with Gasteiger partial charge in [-0.05, 0) is 31.9 Å². The van der Waals surface area contributed by atoms with Crippen molar-refractivity contribution >= 4 is 5.91 Å². The molecule has 0 saturated carbocycles. The zero-order chi connectivity index (χ0) is 13.8. The van der Waals surface area contributed by atoms with Crippen molar-refractivity contribution in [3.63, 3.8) is 0 Å². The third-order valence-corrected chi connectivity index (χ3v) is 3.70. The number of carbonyl (C=O) groups is 1. The lowest BCUT2D eigenvalue weighted by atomic mass is 10.1. The van der Waals surface area contributed by atoms with E-state index < -0.39 is 5.82 Å². The number of nitrogens with zero attached hydrogens (tertiary/aromatic N) is 1. The minimum absolute atomic E-state index is 0.0564. The highest BCUT2D eigenvalue weighted by Crippen LogP contribution is 2.21. The zero-order valence-corrected chi connectivity index (χ0v) is 11.2. The number of benzene rings is 1. The molecule has 1 saturated heterocycles. The molecule has 0 spiro atoms. The Bertz CT molecular complexity index is 461. The van der Waals surface area contributed by atoms with Gasteiger partial charge >= 0.3 is 0 Å². The molecule has 1 atom stereocenters. The molecule has 0 aliphatic carbocycles. The number of aliphatic hydroxyl groups excluding tert-OH is 1. The van der Waals surface area contributed by atoms with Crippen molar-refractivity contribution in [1.82, 2.24) is 4.90 Å². The van der Waals surface area contributed by atoms with E-state index in [4.69, 9.17) is 0 Å². The number of likely N-dealkylation sites (tertiary alicyclic amines) is 1. The highest BCUT2D eigenvalue weighted by atomic mass is 19.1. The maximum atomic E-state index is 13.8. The van der Waals surface area contributed by atoms with E-state index in [9.17, 15) is 14.3 Å². The van der Waals surface area contributed by atoms with Gasteiger partial charge in [-0.3, -0.25) is 4.79 Å². The van der Waals surface area contributed by atoms with Crippen molar-refractivity contribution < 1.29 is 14.3 Å². The summed E-state index contributed by atoms with van der Waals surface area (Å²) < 4.78 is 13.8. The van der Waals surface area contributed by atoms with E-state index in [1.165, 1.54) is 6.07 Å². The quantitative estimate of drug-likeness (QED) is 0.892. The molecule has 1 amide bonds. The molecule has 1 aliphatic rings. The molecule has 0 radical (unpaired) electrons. The van der Waals surface area contributed by atoms with Crippen LogP contribution in [0.5, 0.6) is 0 Å². The smallest absolute Gasteiger partial charge is 0.257 e. The van der Waals surface area contributed by atoms with Gasteiger partial charge in [0.2, 0.25) is 0 Å². The first-order chi connectivity index (χ1) is 9.13. The molecule has 0 bridgehead atoms. The van der Waals surface area contributed by atoms with Crippen LogP contribution in [0.1, 0.15) is 41.6 Å². The SMILES string of the molecule is Cc1ccc(F)c(C(=O)N2CCCCCC2CO)c1. The molecule has 1 N–H and O–H groups in total. The van der Waals surface area contributed by atoms with Crippen LogP contribution in [0.3, 0.4) is 0 Å². The van der Waals surface area contributed by atoms with E-state index in [1.807, 2.05) is 6.92 Å². The summed E-state index contributed by atoms with van der Waals surface area (Å²) in [5.41, 5.74) is 0.973. The molecule has 1 heterocycles. The Balaban J connectivity index is 2.27. The standard InChI is InChI=1S/C15H20FNO2/c1-11-6-7-14(16)13(9-11)15(19)17-8-4-2-3-5-12(17)10-18/h6-7,9,12,18H,2-5,8,10H2,1H3. The third kappa shape index (κ3) is 3.13. The second kappa shape index (κ2) is 6.15. The maximum Gasteiger partial charge on any atom is 0.257 e. The molecule has 2 rings (SSSR count). The number of hydrogen-bond acceptors (Lipinski definition) is 2. The Kier molecular flexibility index (Phi) is 4.53. The van der Waals surface area contributed by atoms with Gasteiger partial charge in [0, 0.05) is 6.54 Å². The number of hydrogen-bond donors (Lipinski definition) is 1. The predicted molar refractivity (Wildman–Crippen MR) is 71.5 cm³/mol. The number of halogens is 1. The summed E-state index contributed by atoms with van der Waals surface area (Å²) in [4.78, 5) is 14.1. The summed E-state index contributed by atoms with van der Waals surface area (Å²) in [5.74, 6) is -0.793. The van der Waals surface area contributed by atoms with Gasteiger partial charge in [-0.15, -0.1) is 0 Å². The molecule has 19 heavy (non-hydrogen) atoms. The predicted octanol–water partition coefficient (Wildman–Crippen LogP) is 2.51. The van der Waals surface area contributed by atoms with Crippen LogP contribution < -0.4 is 0 Å². The summed E-state index contributed by atoms with van der Waals surface area (Å²) >= 11 is 0. The Morgan fingerprint density at radius 2 is 2.21 bits per heavy atom. The van der Waals surface area contributed by atoms with Crippen LogP contribution in [0.2, 0.25) is 0 Å². The lowest BCUT2D eigenvalue weighted by Gasteiger charge is -2.29. The molecule has 3 nitrogen and oxygen atoms in total. The van der Waals surface area contributed by atoms with E-state index in [0.717, 1.165) is 31.2 Å². The van der Waals surface area contributed by atoms with Crippen molar-refractivity contribution in [2.24, 2.45) is 0 Å². The van der Waals surface area contributed by atoms with Gasteiger partial charge in [-0.2, -0.15) is 0 Å². The van der Waals surface area contributed by atoms with Crippen molar-refractivity contribution in [3.05, 3.63) is 35.1 Å². The largest absolute Gasteiger partial charge is 0.394 e. The summed E-state index contributed by atoms with van der Waals surface area (Å²) in [6, 6.07) is 4.37. The average Bonchev–Trinajstić information content (AvgIpc) is 2.65. The third-order valence-electron chi connectivity index (χ3n) is 3.70. The first-order valence-electron chi connectivity index (χ1n) is 6.81. The molecule has 1 fully saturated rings. The van der Waals surface area contributed by atoms with E-state index in [1.54, 1.807) is 17.0 Å². The lowest BCUT2D eigenvalue weighted by molar-refractivity contribution is 0.0595. The number of aliphatic hydroxyl groups is 1. The first kappa shape index (κ1) is 14.0. The molecular formula is C15H20FNO2. The van der Waals surface area contributed by atoms with Crippen LogP contribution in [0.25, 0.3) is 0 Å². The monoisotopic (exact) mass is 265 g/mol. The lowest BCUT2D eigenvalue weighted by Crippen LogP contribution is -2.42. The highest BCUT2D eigenvalue weighted by molar-refractivity contribution is 5.95. The van der Waals surface area contributed by atoms with Crippen LogP contribution >= 0.6 is 0 Å². The van der Waals surface area contributed by atoms with Crippen LogP contribution in [0, 0.1) is 12.7 Å². The van der Waals surface area contributed by atoms with Crippen LogP contribution in [-0.4, -0.2) is 35.1 Å². The second-order valence-corrected chi connectivity index (χ2v) is 5.17. The number of rotatable bonds is 2. The first-order valence-corrected chi connectivity index (χ1v) is 6.81. The van der Waals surface area contributed by atoms with Crippen molar-refractivity contribution in [3.8, 4) is 0 Å². The highest BCUT2D eigenvalue weighted by Gasteiger charge is 2.27. The fraction of sp³-hybridized carbons (Fsp3) is 0.533. The summed E-state index contributed by atoms with van der Waals surface area (Å²) in [6.07, 6.45) is 3.76. The average molecular weight is 265 g/mol. The van der Waals surface area contributed by atoms with E-state index in [-0.39, 0.29) is 24.1 Å². The molecule has 1 aromatic carbocycles. The molecule has 1 aromatic rings. The normalized spacial score (nSPS) is 20.2. The van der Waals surface area contributed by atoms with Gasteiger partial charge in [-0.1, -0.05) is 24.5 Å². The summed E-state index contributed by atoms with van der Waals surface area (Å²) in [7, 11) is 0. The molecule has 104 valence electrons. The summed E-state index contributed by atoms with van der Waals surface area (Å²) in [6.45, 7) is 2.37. The molecule has 1 unspecified atom stereocenters. The minimum atomic E-state index is -0.489. The van der Waals surface area contributed by atoms with Crippen molar-refractivity contribution in [1.29, 1.82) is 0 Å². The van der Waals surface area contributed by atoms with E-state index >= 15 is 0 Å². The van der Waals surface area contributed by atoms with E-state index in [0.29, 0.717) is 6.54 Å². The van der Waals surface area contributed by atoms with Crippen molar-refractivity contribution in [2.75, 3.05) is 13.2 Å². The number of aryl methyl sites for hydroxylation is 1. The molecule has 0 aromatic heterocycles. The molecule has 4 heteroatoms. The van der Waals surface area contributed by atoms with Gasteiger partial charge in [0.05, 0.1) is 18.2 Å². The Morgan fingerprint density at radius 3 is 2.95 bits per heavy atom. The van der Waals surface area contributed by atoms with Crippen LogP contribution in [-0.2, 0) is 0 Å². The van der Waals surface area contributed by atoms with Gasteiger partial charge in [0.15, 0.2) is 0 Å². The number of carbonyl (C=O) groups excluding carboxylic acids is 1. The second-order valence-electron chi connectivity index (χ2n) is 5.17. The van der Waals surface area contributed by atoms with E-state index in [2.05, 4.69) is 0 Å². The maximum absolute atomic E-state index is 13.8. The molecule has 1 aliphatic heterocycles.